The number of benzene rings is 2. The van der Waals surface area contributed by atoms with Gasteiger partial charge >= 0.3 is 0 Å². The summed E-state index contributed by atoms with van der Waals surface area (Å²) >= 11 is 6.44. The minimum Gasteiger partial charge on any atom is -0.353 e. The van der Waals surface area contributed by atoms with E-state index in [1.807, 2.05) is 49.1 Å². The van der Waals surface area contributed by atoms with Crippen LogP contribution in [0.3, 0.4) is 0 Å². The van der Waals surface area contributed by atoms with Crippen LogP contribution in [0.25, 0.3) is 0 Å². The highest BCUT2D eigenvalue weighted by molar-refractivity contribution is 6.31. The minimum atomic E-state index is 0.105. The standard InChI is InChI=1S/C28H33ClN4O/c1-4-5-8-22-11-13-23(14-12-22)28(34)33-17-15-32(16-18-33)27-25(20(2)30-21(3)31-27)19-24-9-6-7-10-26(24)29/h6-7,9-14H,4-5,8,15-19H2,1-3H3. The van der Waals surface area contributed by atoms with E-state index in [2.05, 4.69) is 35.0 Å². The maximum Gasteiger partial charge on any atom is 0.253 e. The zero-order valence-corrected chi connectivity index (χ0v) is 21.1. The molecular weight excluding hydrogens is 444 g/mol. The normalized spacial score (nSPS) is 13.9. The highest BCUT2D eigenvalue weighted by Gasteiger charge is 2.25. The van der Waals surface area contributed by atoms with Gasteiger partial charge in [0.15, 0.2) is 0 Å². The Morgan fingerprint density at radius 1 is 0.971 bits per heavy atom. The van der Waals surface area contributed by atoms with Gasteiger partial charge in [-0.25, -0.2) is 9.97 Å². The van der Waals surface area contributed by atoms with E-state index in [0.717, 1.165) is 58.6 Å². The molecule has 1 aliphatic rings. The summed E-state index contributed by atoms with van der Waals surface area (Å²) in [5.41, 5.74) is 5.20. The Bertz CT molecular complexity index is 1140. The van der Waals surface area contributed by atoms with E-state index < -0.39 is 0 Å². The number of hydrogen-bond donors (Lipinski definition) is 0. The molecule has 0 saturated carbocycles. The van der Waals surface area contributed by atoms with Crippen LogP contribution >= 0.6 is 11.6 Å². The quantitative estimate of drug-likeness (QED) is 0.442. The molecular formula is C28H33ClN4O. The summed E-state index contributed by atoms with van der Waals surface area (Å²) < 4.78 is 0. The predicted octanol–water partition coefficient (Wildman–Crippen LogP) is 5.64. The molecule has 1 fully saturated rings. The van der Waals surface area contributed by atoms with Gasteiger partial charge in [-0.15, -0.1) is 0 Å². The van der Waals surface area contributed by atoms with Crippen molar-refractivity contribution in [3.05, 3.63) is 87.3 Å². The summed E-state index contributed by atoms with van der Waals surface area (Å²) in [7, 11) is 0. The molecule has 0 atom stereocenters. The Hall–Kier alpha value is -2.92. The van der Waals surface area contributed by atoms with E-state index >= 15 is 0 Å². The van der Waals surface area contributed by atoms with E-state index in [9.17, 15) is 4.79 Å². The van der Waals surface area contributed by atoms with Crippen molar-refractivity contribution in [3.8, 4) is 0 Å². The number of unbranched alkanes of at least 4 members (excludes halogenated alkanes) is 1. The van der Waals surface area contributed by atoms with Gasteiger partial charge in [0, 0.05) is 54.4 Å². The largest absolute Gasteiger partial charge is 0.353 e. The second-order valence-corrected chi connectivity index (χ2v) is 9.41. The highest BCUT2D eigenvalue weighted by Crippen LogP contribution is 2.28. The van der Waals surface area contributed by atoms with Crippen LogP contribution in [0.4, 0.5) is 5.82 Å². The van der Waals surface area contributed by atoms with Crippen LogP contribution in [0.5, 0.6) is 0 Å². The van der Waals surface area contributed by atoms with Crippen molar-refractivity contribution in [3.63, 3.8) is 0 Å². The van der Waals surface area contributed by atoms with Gasteiger partial charge in [-0.05, 0) is 56.0 Å². The van der Waals surface area contributed by atoms with Crippen LogP contribution < -0.4 is 4.90 Å². The molecule has 0 bridgehead atoms. The van der Waals surface area contributed by atoms with Crippen molar-refractivity contribution in [1.29, 1.82) is 0 Å². The topological polar surface area (TPSA) is 49.3 Å². The monoisotopic (exact) mass is 476 g/mol. The number of carbonyl (C=O) groups is 1. The van der Waals surface area contributed by atoms with Gasteiger partial charge in [0.05, 0.1) is 0 Å². The Morgan fingerprint density at radius 3 is 2.35 bits per heavy atom. The van der Waals surface area contributed by atoms with E-state index in [1.165, 1.54) is 18.4 Å². The molecule has 0 spiro atoms. The zero-order chi connectivity index (χ0) is 24.1. The second kappa shape index (κ2) is 11.0. The number of piperazine rings is 1. The molecule has 0 N–H and O–H groups in total. The summed E-state index contributed by atoms with van der Waals surface area (Å²) in [5, 5.41) is 0.754. The molecule has 1 aromatic heterocycles. The van der Waals surface area contributed by atoms with E-state index in [1.54, 1.807) is 0 Å². The fourth-order valence-electron chi connectivity index (χ4n) is 4.52. The van der Waals surface area contributed by atoms with Crippen molar-refractivity contribution < 1.29 is 4.79 Å². The fraction of sp³-hybridized carbons (Fsp3) is 0.393. The number of aryl methyl sites for hydroxylation is 3. The number of rotatable bonds is 7. The number of amides is 1. The molecule has 1 amide bonds. The van der Waals surface area contributed by atoms with Crippen LogP contribution in [0.1, 0.15) is 58.3 Å². The highest BCUT2D eigenvalue weighted by atomic mass is 35.5. The third-order valence-corrected chi connectivity index (χ3v) is 6.88. The summed E-state index contributed by atoms with van der Waals surface area (Å²) in [4.78, 5) is 26.8. The van der Waals surface area contributed by atoms with Crippen LogP contribution in [-0.2, 0) is 12.8 Å². The molecule has 6 heteroatoms. The van der Waals surface area contributed by atoms with E-state index in [-0.39, 0.29) is 5.91 Å². The van der Waals surface area contributed by atoms with Gasteiger partial charge in [0.25, 0.3) is 5.91 Å². The molecule has 5 nitrogen and oxygen atoms in total. The first-order valence-corrected chi connectivity index (χ1v) is 12.5. The summed E-state index contributed by atoms with van der Waals surface area (Å²) in [6, 6.07) is 16.0. The molecule has 3 aromatic rings. The Labute approximate surface area is 207 Å². The maximum atomic E-state index is 13.1. The Morgan fingerprint density at radius 2 is 1.68 bits per heavy atom. The van der Waals surface area contributed by atoms with Gasteiger partial charge in [-0.2, -0.15) is 0 Å². The van der Waals surface area contributed by atoms with E-state index in [0.29, 0.717) is 19.5 Å². The second-order valence-electron chi connectivity index (χ2n) is 9.01. The smallest absolute Gasteiger partial charge is 0.253 e. The lowest BCUT2D eigenvalue weighted by Gasteiger charge is -2.36. The van der Waals surface area contributed by atoms with Crippen molar-refractivity contribution in [2.45, 2.75) is 46.5 Å². The fourth-order valence-corrected chi connectivity index (χ4v) is 4.72. The van der Waals surface area contributed by atoms with Crippen molar-refractivity contribution in [1.82, 2.24) is 14.9 Å². The predicted molar refractivity (Wildman–Crippen MR) is 139 cm³/mol. The summed E-state index contributed by atoms with van der Waals surface area (Å²) in [6.45, 7) is 8.99. The number of anilines is 1. The van der Waals surface area contributed by atoms with Gasteiger partial charge in [0.2, 0.25) is 0 Å². The molecule has 178 valence electrons. The molecule has 0 aliphatic carbocycles. The average Bonchev–Trinajstić information content (AvgIpc) is 2.85. The summed E-state index contributed by atoms with van der Waals surface area (Å²) in [5.74, 6) is 1.82. The van der Waals surface area contributed by atoms with Crippen LogP contribution in [-0.4, -0.2) is 47.0 Å². The number of carbonyl (C=O) groups excluding carboxylic acids is 1. The third kappa shape index (κ3) is 5.58. The lowest BCUT2D eigenvalue weighted by molar-refractivity contribution is 0.0746. The molecule has 1 saturated heterocycles. The first-order valence-electron chi connectivity index (χ1n) is 12.2. The lowest BCUT2D eigenvalue weighted by Crippen LogP contribution is -2.49. The SMILES string of the molecule is CCCCc1ccc(C(=O)N2CCN(c3nc(C)nc(C)c3Cc3ccccc3Cl)CC2)cc1. The Balaban J connectivity index is 1.46. The van der Waals surface area contributed by atoms with Gasteiger partial charge in [-0.3, -0.25) is 4.79 Å². The summed E-state index contributed by atoms with van der Waals surface area (Å²) in [6.07, 6.45) is 4.11. The van der Waals surface area contributed by atoms with Crippen LogP contribution in [0.2, 0.25) is 5.02 Å². The molecule has 34 heavy (non-hydrogen) atoms. The zero-order valence-electron chi connectivity index (χ0n) is 20.4. The van der Waals surface area contributed by atoms with Crippen molar-refractivity contribution >= 4 is 23.3 Å². The van der Waals surface area contributed by atoms with Gasteiger partial charge in [-0.1, -0.05) is 55.3 Å². The molecule has 0 unspecified atom stereocenters. The molecule has 0 radical (unpaired) electrons. The number of aromatic nitrogens is 2. The first-order chi connectivity index (χ1) is 16.5. The van der Waals surface area contributed by atoms with Crippen molar-refractivity contribution in [2.24, 2.45) is 0 Å². The number of halogens is 1. The molecule has 2 aromatic carbocycles. The number of nitrogens with zero attached hydrogens (tertiary/aromatic N) is 4. The average molecular weight is 477 g/mol. The number of hydrogen-bond acceptors (Lipinski definition) is 4. The molecule has 1 aliphatic heterocycles. The third-order valence-electron chi connectivity index (χ3n) is 6.52. The van der Waals surface area contributed by atoms with Gasteiger partial charge < -0.3 is 9.80 Å². The van der Waals surface area contributed by atoms with Gasteiger partial charge in [0.1, 0.15) is 11.6 Å². The molecule has 4 rings (SSSR count). The Kier molecular flexibility index (Phi) is 7.84. The lowest BCUT2D eigenvalue weighted by atomic mass is 10.0. The van der Waals surface area contributed by atoms with Crippen LogP contribution in [0, 0.1) is 13.8 Å². The van der Waals surface area contributed by atoms with Crippen LogP contribution in [0.15, 0.2) is 48.5 Å². The minimum absolute atomic E-state index is 0.105. The maximum absolute atomic E-state index is 13.1. The van der Waals surface area contributed by atoms with E-state index in [4.69, 9.17) is 16.6 Å². The first kappa shape index (κ1) is 24.2. The molecule has 2 heterocycles. The van der Waals surface area contributed by atoms with Crippen molar-refractivity contribution in [2.75, 3.05) is 31.1 Å².